The molecule has 0 aliphatic rings. The zero-order valence-electron chi connectivity index (χ0n) is 9.75. The van der Waals surface area contributed by atoms with Crippen molar-refractivity contribution in [3.05, 3.63) is 0 Å². The second-order valence-electron chi connectivity index (χ2n) is 3.68. The van der Waals surface area contributed by atoms with Gasteiger partial charge in [0.1, 0.15) is 5.60 Å². The van der Waals surface area contributed by atoms with Gasteiger partial charge in [-0.15, -0.1) is 0 Å². The number of unbranched alkanes of at least 4 members (excludes halogenated alkanes) is 1. The van der Waals surface area contributed by atoms with Gasteiger partial charge in [0.25, 0.3) is 0 Å². The van der Waals surface area contributed by atoms with E-state index in [0.29, 0.717) is 12.8 Å². The lowest BCUT2D eigenvalue weighted by Gasteiger charge is -2.28. The number of alkyl halides is 1. The Hall–Kier alpha value is -0.640. The Bertz CT molecular complexity index is 196. The minimum atomic E-state index is -1.94. The quantitative estimate of drug-likeness (QED) is 0.669. The van der Waals surface area contributed by atoms with Crippen LogP contribution in [0.4, 0.5) is 4.39 Å². The van der Waals surface area contributed by atoms with Crippen molar-refractivity contribution in [3.63, 3.8) is 0 Å². The molecule has 0 aliphatic heterocycles. The standard InChI is InChI=1S/C11H21FO3/c1-4-7-8-11(14,5-2)9(12)10(13)15-6-3/h9,14H,4-8H2,1-3H3. The Balaban J connectivity index is 4.41. The molecule has 1 N–H and O–H groups in total. The molecule has 2 unspecified atom stereocenters. The maximum absolute atomic E-state index is 13.6. The average Bonchev–Trinajstić information content (AvgIpc) is 2.25. The van der Waals surface area contributed by atoms with Gasteiger partial charge in [-0.1, -0.05) is 26.7 Å². The van der Waals surface area contributed by atoms with E-state index >= 15 is 0 Å². The Labute approximate surface area is 90.6 Å². The number of hydrogen-bond acceptors (Lipinski definition) is 3. The lowest BCUT2D eigenvalue weighted by atomic mass is 9.89. The van der Waals surface area contributed by atoms with Gasteiger partial charge in [0.05, 0.1) is 6.61 Å². The highest BCUT2D eigenvalue weighted by molar-refractivity contribution is 5.76. The first kappa shape index (κ1) is 14.4. The summed E-state index contributed by atoms with van der Waals surface area (Å²) in [6.45, 7) is 5.36. The van der Waals surface area contributed by atoms with Crippen LogP contribution < -0.4 is 0 Å². The van der Waals surface area contributed by atoms with E-state index in [1.54, 1.807) is 13.8 Å². The number of carbonyl (C=O) groups excluding carboxylic acids is 1. The van der Waals surface area contributed by atoms with Crippen molar-refractivity contribution in [2.75, 3.05) is 6.61 Å². The van der Waals surface area contributed by atoms with Gasteiger partial charge in [-0.2, -0.15) is 0 Å². The van der Waals surface area contributed by atoms with Crippen LogP contribution in [0.25, 0.3) is 0 Å². The van der Waals surface area contributed by atoms with Gasteiger partial charge in [-0.05, 0) is 19.8 Å². The molecule has 15 heavy (non-hydrogen) atoms. The van der Waals surface area contributed by atoms with Crippen molar-refractivity contribution in [2.24, 2.45) is 0 Å². The fraction of sp³-hybridized carbons (Fsp3) is 0.909. The molecular formula is C11H21FO3. The lowest BCUT2D eigenvalue weighted by molar-refractivity contribution is -0.161. The van der Waals surface area contributed by atoms with Crippen molar-refractivity contribution >= 4 is 5.97 Å². The summed E-state index contributed by atoms with van der Waals surface area (Å²) in [6.07, 6.45) is 0.128. The molecule has 0 radical (unpaired) electrons. The van der Waals surface area contributed by atoms with Crippen molar-refractivity contribution in [1.29, 1.82) is 0 Å². The van der Waals surface area contributed by atoms with Gasteiger partial charge in [0, 0.05) is 0 Å². The second kappa shape index (κ2) is 6.77. The SMILES string of the molecule is CCCCC(O)(CC)C(F)C(=O)OCC. The molecule has 0 aromatic carbocycles. The fourth-order valence-corrected chi connectivity index (χ4v) is 1.40. The first-order valence-electron chi connectivity index (χ1n) is 5.54. The predicted molar refractivity (Wildman–Crippen MR) is 56.3 cm³/mol. The van der Waals surface area contributed by atoms with Crippen molar-refractivity contribution in [2.45, 2.75) is 58.2 Å². The lowest BCUT2D eigenvalue weighted by Crippen LogP contribution is -2.44. The summed E-state index contributed by atoms with van der Waals surface area (Å²) in [5, 5.41) is 9.94. The van der Waals surface area contributed by atoms with Crippen LogP contribution in [-0.2, 0) is 9.53 Å². The fourth-order valence-electron chi connectivity index (χ4n) is 1.40. The topological polar surface area (TPSA) is 46.5 Å². The van der Waals surface area contributed by atoms with E-state index in [4.69, 9.17) is 0 Å². The molecule has 0 aromatic heterocycles. The van der Waals surface area contributed by atoms with Crippen LogP contribution in [0.1, 0.15) is 46.5 Å². The number of aliphatic hydroxyl groups is 1. The summed E-state index contributed by atoms with van der Waals surface area (Å²) in [5.41, 5.74) is -1.57. The van der Waals surface area contributed by atoms with Crippen LogP contribution >= 0.6 is 0 Å². The number of rotatable bonds is 7. The van der Waals surface area contributed by atoms with Crippen LogP contribution in [0.3, 0.4) is 0 Å². The average molecular weight is 220 g/mol. The molecule has 0 aromatic rings. The Morgan fingerprint density at radius 2 is 2.07 bits per heavy atom. The third kappa shape index (κ3) is 4.16. The zero-order valence-corrected chi connectivity index (χ0v) is 9.75. The summed E-state index contributed by atoms with van der Waals surface area (Å²) >= 11 is 0. The Kier molecular flexibility index (Phi) is 6.48. The van der Waals surface area contributed by atoms with Crippen LogP contribution in [0, 0.1) is 0 Å². The first-order valence-corrected chi connectivity index (χ1v) is 5.54. The maximum atomic E-state index is 13.6. The number of carbonyl (C=O) groups is 1. The number of hydrogen-bond donors (Lipinski definition) is 1. The van der Waals surface area contributed by atoms with Crippen molar-refractivity contribution < 1.29 is 19.0 Å². The van der Waals surface area contributed by atoms with Crippen LogP contribution in [0.15, 0.2) is 0 Å². The van der Waals surface area contributed by atoms with Gasteiger partial charge < -0.3 is 9.84 Å². The second-order valence-corrected chi connectivity index (χ2v) is 3.68. The smallest absolute Gasteiger partial charge is 0.343 e. The Morgan fingerprint density at radius 1 is 1.47 bits per heavy atom. The monoisotopic (exact) mass is 220 g/mol. The molecule has 0 fully saturated rings. The Morgan fingerprint density at radius 3 is 2.47 bits per heavy atom. The van der Waals surface area contributed by atoms with Crippen molar-refractivity contribution in [3.8, 4) is 0 Å². The van der Waals surface area contributed by atoms with Gasteiger partial charge in [-0.3, -0.25) is 0 Å². The molecule has 90 valence electrons. The normalized spacial score (nSPS) is 16.9. The van der Waals surface area contributed by atoms with Crippen LogP contribution in [-0.4, -0.2) is 29.5 Å². The van der Waals surface area contributed by atoms with E-state index in [1.165, 1.54) is 0 Å². The third-order valence-electron chi connectivity index (χ3n) is 2.54. The molecule has 0 rings (SSSR count). The van der Waals surface area contributed by atoms with Gasteiger partial charge >= 0.3 is 5.97 Å². The molecule has 4 heteroatoms. The van der Waals surface area contributed by atoms with Crippen LogP contribution in [0.2, 0.25) is 0 Å². The molecule has 3 nitrogen and oxygen atoms in total. The third-order valence-corrected chi connectivity index (χ3v) is 2.54. The molecule has 2 atom stereocenters. The van der Waals surface area contributed by atoms with Crippen molar-refractivity contribution in [1.82, 2.24) is 0 Å². The summed E-state index contributed by atoms with van der Waals surface area (Å²) in [4.78, 5) is 11.2. The molecule has 0 aliphatic carbocycles. The highest BCUT2D eigenvalue weighted by atomic mass is 19.1. The predicted octanol–water partition coefficient (Wildman–Crippen LogP) is 2.22. The highest BCUT2D eigenvalue weighted by Gasteiger charge is 2.40. The maximum Gasteiger partial charge on any atom is 0.343 e. The van der Waals surface area contributed by atoms with Crippen LogP contribution in [0.5, 0.6) is 0 Å². The first-order chi connectivity index (χ1) is 7.01. The highest BCUT2D eigenvalue weighted by Crippen LogP contribution is 2.26. The summed E-state index contributed by atoms with van der Waals surface area (Å²) in [5.74, 6) is -0.960. The van der Waals surface area contributed by atoms with Gasteiger partial charge in [0.15, 0.2) is 0 Å². The van der Waals surface area contributed by atoms with Gasteiger partial charge in [0.2, 0.25) is 6.17 Å². The molecule has 0 amide bonds. The summed E-state index contributed by atoms with van der Waals surface area (Å²) in [6, 6.07) is 0. The number of esters is 1. The molecule has 0 saturated carbocycles. The molecular weight excluding hydrogens is 199 g/mol. The van der Waals surface area contributed by atoms with E-state index < -0.39 is 17.7 Å². The molecule has 0 heterocycles. The minimum Gasteiger partial charge on any atom is -0.464 e. The molecule has 0 saturated heterocycles. The van der Waals surface area contributed by atoms with E-state index in [9.17, 15) is 14.3 Å². The largest absolute Gasteiger partial charge is 0.464 e. The van der Waals surface area contributed by atoms with Gasteiger partial charge in [-0.25, -0.2) is 9.18 Å². The summed E-state index contributed by atoms with van der Waals surface area (Å²) in [7, 11) is 0. The molecule has 0 spiro atoms. The number of halogens is 1. The minimum absolute atomic E-state index is 0.132. The molecule has 0 bridgehead atoms. The van der Waals surface area contributed by atoms with E-state index in [0.717, 1.165) is 6.42 Å². The van der Waals surface area contributed by atoms with E-state index in [2.05, 4.69) is 4.74 Å². The zero-order chi connectivity index (χ0) is 11.9. The summed E-state index contributed by atoms with van der Waals surface area (Å²) < 4.78 is 18.2. The van der Waals surface area contributed by atoms with E-state index in [1.807, 2.05) is 6.92 Å². The number of ether oxygens (including phenoxy) is 1. The van der Waals surface area contributed by atoms with E-state index in [-0.39, 0.29) is 13.0 Å².